The molecule has 2 heterocycles. The first-order valence-electron chi connectivity index (χ1n) is 3.58. The molecule has 0 saturated carbocycles. The Morgan fingerprint density at radius 3 is 3.08 bits per heavy atom. The highest BCUT2D eigenvalue weighted by Gasteiger charge is 2.02. The van der Waals surface area contributed by atoms with Crippen LogP contribution in [0.3, 0.4) is 0 Å². The molecule has 0 unspecified atom stereocenters. The molecule has 0 bridgehead atoms. The molecular formula is C7H7N5S. The van der Waals surface area contributed by atoms with Crippen LogP contribution in [0.4, 0.5) is 5.82 Å². The molecule has 2 aromatic heterocycles. The van der Waals surface area contributed by atoms with Gasteiger partial charge in [-0.3, -0.25) is 4.98 Å². The van der Waals surface area contributed by atoms with E-state index in [0.29, 0.717) is 11.6 Å². The molecule has 0 spiro atoms. The normalized spacial score (nSPS) is 9.92. The summed E-state index contributed by atoms with van der Waals surface area (Å²) in [6, 6.07) is 1.70. The largest absolute Gasteiger partial charge is 0.308 e. The minimum Gasteiger partial charge on any atom is -0.308 e. The highest BCUT2D eigenvalue weighted by atomic mass is 32.1. The zero-order valence-corrected chi connectivity index (χ0v) is 7.45. The minimum atomic E-state index is 0.596. The summed E-state index contributed by atoms with van der Waals surface area (Å²) in [6.07, 6.45) is 3.37. The van der Waals surface area contributed by atoms with Crippen LogP contribution in [-0.2, 0) is 0 Å². The third-order valence-electron chi connectivity index (χ3n) is 1.46. The third-order valence-corrected chi connectivity index (χ3v) is 2.23. The lowest BCUT2D eigenvalue weighted by atomic mass is 10.5. The van der Waals surface area contributed by atoms with Crippen LogP contribution in [0.15, 0.2) is 24.0 Å². The van der Waals surface area contributed by atoms with Gasteiger partial charge in [-0.05, 0) is 0 Å². The van der Waals surface area contributed by atoms with Crippen molar-refractivity contribution in [2.24, 2.45) is 5.84 Å². The Hall–Kier alpha value is -1.53. The van der Waals surface area contributed by atoms with E-state index >= 15 is 0 Å². The highest BCUT2D eigenvalue weighted by molar-refractivity contribution is 7.13. The number of anilines is 1. The van der Waals surface area contributed by atoms with E-state index in [1.54, 1.807) is 24.0 Å². The lowest BCUT2D eigenvalue weighted by Gasteiger charge is -1.99. The second kappa shape index (κ2) is 3.46. The first-order valence-corrected chi connectivity index (χ1v) is 4.46. The fraction of sp³-hybridized carbons (Fsp3) is 0. The summed E-state index contributed by atoms with van der Waals surface area (Å²) >= 11 is 1.49. The quantitative estimate of drug-likeness (QED) is 0.547. The molecule has 13 heavy (non-hydrogen) atoms. The average molecular weight is 193 g/mol. The zero-order chi connectivity index (χ0) is 9.10. The van der Waals surface area contributed by atoms with Gasteiger partial charge in [-0.2, -0.15) is 0 Å². The Labute approximate surface area is 78.6 Å². The molecule has 0 aliphatic carbocycles. The molecule has 0 aliphatic heterocycles. The van der Waals surface area contributed by atoms with Gasteiger partial charge < -0.3 is 5.43 Å². The predicted octanol–water partition coefficient (Wildman–Crippen LogP) is 0.886. The Bertz CT molecular complexity index is 386. The second-order valence-corrected chi connectivity index (χ2v) is 3.16. The number of aromatic nitrogens is 3. The van der Waals surface area contributed by atoms with Crippen molar-refractivity contribution in [1.82, 2.24) is 15.0 Å². The summed E-state index contributed by atoms with van der Waals surface area (Å²) in [6.45, 7) is 0. The van der Waals surface area contributed by atoms with E-state index in [1.165, 1.54) is 11.3 Å². The Morgan fingerprint density at radius 2 is 2.38 bits per heavy atom. The molecule has 2 aromatic rings. The van der Waals surface area contributed by atoms with E-state index in [4.69, 9.17) is 5.84 Å². The number of nitrogens with two attached hydrogens (primary N) is 1. The fourth-order valence-electron chi connectivity index (χ4n) is 0.884. The van der Waals surface area contributed by atoms with Crippen molar-refractivity contribution < 1.29 is 0 Å². The van der Waals surface area contributed by atoms with Crippen molar-refractivity contribution in [3.63, 3.8) is 0 Å². The number of nitrogens with one attached hydrogen (secondary N) is 1. The van der Waals surface area contributed by atoms with Crippen LogP contribution in [0.2, 0.25) is 0 Å². The van der Waals surface area contributed by atoms with Crippen LogP contribution in [0.1, 0.15) is 0 Å². The molecule has 0 aromatic carbocycles. The molecule has 6 heteroatoms. The number of hydrogen-bond acceptors (Lipinski definition) is 6. The maximum atomic E-state index is 5.22. The molecule has 0 amide bonds. The van der Waals surface area contributed by atoms with Gasteiger partial charge in [-0.1, -0.05) is 0 Å². The first kappa shape index (κ1) is 8.09. The summed E-state index contributed by atoms with van der Waals surface area (Å²) < 4.78 is 0. The minimum absolute atomic E-state index is 0.596. The molecule has 3 N–H and O–H groups in total. The van der Waals surface area contributed by atoms with E-state index in [0.717, 1.165) is 4.88 Å². The molecule has 0 fully saturated rings. The maximum Gasteiger partial charge on any atom is 0.173 e. The van der Waals surface area contributed by atoms with E-state index in [2.05, 4.69) is 20.4 Å². The van der Waals surface area contributed by atoms with Gasteiger partial charge >= 0.3 is 0 Å². The lowest BCUT2D eigenvalue weighted by Crippen LogP contribution is -2.08. The summed E-state index contributed by atoms with van der Waals surface area (Å²) in [4.78, 5) is 13.1. The smallest absolute Gasteiger partial charge is 0.173 e. The van der Waals surface area contributed by atoms with Crippen molar-refractivity contribution >= 4 is 17.2 Å². The third kappa shape index (κ3) is 1.63. The van der Waals surface area contributed by atoms with E-state index in [-0.39, 0.29) is 0 Å². The van der Waals surface area contributed by atoms with Gasteiger partial charge in [0.05, 0.1) is 10.4 Å². The molecule has 2 rings (SSSR count). The fourth-order valence-corrected chi connectivity index (χ4v) is 1.44. The molecule has 66 valence electrons. The molecule has 0 saturated heterocycles. The topological polar surface area (TPSA) is 76.7 Å². The van der Waals surface area contributed by atoms with Crippen LogP contribution < -0.4 is 11.3 Å². The van der Waals surface area contributed by atoms with Crippen LogP contribution >= 0.6 is 11.3 Å². The van der Waals surface area contributed by atoms with E-state index < -0.39 is 0 Å². The van der Waals surface area contributed by atoms with Gasteiger partial charge in [0.25, 0.3) is 0 Å². The van der Waals surface area contributed by atoms with Crippen molar-refractivity contribution in [1.29, 1.82) is 0 Å². The van der Waals surface area contributed by atoms with E-state index in [1.807, 2.05) is 0 Å². The summed E-state index contributed by atoms with van der Waals surface area (Å²) in [5, 5.41) is 0. The molecule has 0 aliphatic rings. The van der Waals surface area contributed by atoms with Gasteiger partial charge in [-0.15, -0.1) is 11.3 Å². The van der Waals surface area contributed by atoms with Crippen molar-refractivity contribution in [2.45, 2.75) is 0 Å². The number of nitrogen functional groups attached to an aromatic ring is 1. The summed E-state index contributed by atoms with van der Waals surface area (Å²) in [5.74, 6) is 6.45. The molecule has 0 atom stereocenters. The van der Waals surface area contributed by atoms with Gasteiger partial charge in [-0.25, -0.2) is 15.8 Å². The number of hydrogen-bond donors (Lipinski definition) is 2. The predicted molar refractivity (Wildman–Crippen MR) is 51.0 cm³/mol. The van der Waals surface area contributed by atoms with Gasteiger partial charge in [0.15, 0.2) is 5.82 Å². The second-order valence-electron chi connectivity index (χ2n) is 2.28. The number of hydrazine groups is 1. The van der Waals surface area contributed by atoms with Crippen LogP contribution in [0, 0.1) is 0 Å². The van der Waals surface area contributed by atoms with Crippen molar-refractivity contribution in [2.75, 3.05) is 5.43 Å². The Morgan fingerprint density at radius 1 is 1.46 bits per heavy atom. The van der Waals surface area contributed by atoms with Gasteiger partial charge in [0.1, 0.15) is 5.82 Å². The zero-order valence-electron chi connectivity index (χ0n) is 6.64. The number of nitrogens with zero attached hydrogens (tertiary/aromatic N) is 3. The van der Waals surface area contributed by atoms with Crippen molar-refractivity contribution in [3.05, 3.63) is 24.0 Å². The Balaban J connectivity index is 2.41. The van der Waals surface area contributed by atoms with Crippen molar-refractivity contribution in [3.8, 4) is 10.7 Å². The first-order chi connectivity index (χ1) is 6.40. The summed E-state index contributed by atoms with van der Waals surface area (Å²) in [7, 11) is 0. The van der Waals surface area contributed by atoms with E-state index in [9.17, 15) is 0 Å². The maximum absolute atomic E-state index is 5.22. The van der Waals surface area contributed by atoms with Gasteiger partial charge in [0, 0.05) is 18.5 Å². The number of thiazole rings is 1. The lowest BCUT2D eigenvalue weighted by molar-refractivity contribution is 1.15. The Kier molecular flexibility index (Phi) is 2.15. The van der Waals surface area contributed by atoms with Crippen LogP contribution in [0.5, 0.6) is 0 Å². The molecular weight excluding hydrogens is 186 g/mol. The monoisotopic (exact) mass is 193 g/mol. The average Bonchev–Trinajstić information content (AvgIpc) is 2.71. The summed E-state index contributed by atoms with van der Waals surface area (Å²) in [5.41, 5.74) is 4.20. The van der Waals surface area contributed by atoms with Gasteiger partial charge in [0.2, 0.25) is 0 Å². The van der Waals surface area contributed by atoms with Crippen LogP contribution in [0.25, 0.3) is 10.7 Å². The van der Waals surface area contributed by atoms with Crippen LogP contribution in [-0.4, -0.2) is 15.0 Å². The number of rotatable bonds is 2. The highest BCUT2D eigenvalue weighted by Crippen LogP contribution is 2.19. The standard InChI is InChI=1S/C7H7N5S/c8-12-6-1-2-10-7(11-6)5-3-9-4-13-5/h1-4H,8H2,(H,10,11,12). The molecule has 5 nitrogen and oxygen atoms in total. The SMILES string of the molecule is NNc1ccnc(-c2cncs2)n1. The molecule has 0 radical (unpaired) electrons.